The number of Topliss-reactive ketones (excluding diaryl/α,β-unsaturated/α-hetero) is 1. The fourth-order valence-corrected chi connectivity index (χ4v) is 4.28. The molecule has 0 saturated heterocycles. The van der Waals surface area contributed by atoms with Gasteiger partial charge in [-0.05, 0) is 78.4 Å². The number of allylic oxidation sites excluding steroid dienone is 25. The quantitative estimate of drug-likeness (QED) is 0.239. The Bertz CT molecular complexity index is 1340. The van der Waals surface area contributed by atoms with Gasteiger partial charge in [-0.15, -0.1) is 0 Å². The van der Waals surface area contributed by atoms with Crippen LogP contribution in [0.25, 0.3) is 0 Å². The summed E-state index contributed by atoms with van der Waals surface area (Å²) >= 11 is 0. The molecular formula is C40H52O2. The summed E-state index contributed by atoms with van der Waals surface area (Å²) in [6, 6.07) is 0. The van der Waals surface area contributed by atoms with Gasteiger partial charge in [-0.3, -0.25) is 4.79 Å². The summed E-state index contributed by atoms with van der Waals surface area (Å²) < 4.78 is 0. The molecule has 0 unspecified atom stereocenters. The van der Waals surface area contributed by atoms with Crippen molar-refractivity contribution in [3.8, 4) is 0 Å². The molecule has 0 aromatic heterocycles. The second-order valence-electron chi connectivity index (χ2n) is 12.0. The minimum atomic E-state index is -0.895. The van der Waals surface area contributed by atoms with Crippen LogP contribution in [0.15, 0.2) is 154 Å². The molecule has 0 saturated carbocycles. The highest BCUT2D eigenvalue weighted by Crippen LogP contribution is 2.39. The van der Waals surface area contributed by atoms with Crippen LogP contribution in [0.5, 0.6) is 0 Å². The van der Waals surface area contributed by atoms with E-state index >= 15 is 0 Å². The van der Waals surface area contributed by atoms with E-state index in [1.54, 1.807) is 0 Å². The summed E-state index contributed by atoms with van der Waals surface area (Å²) in [4.78, 5) is 12.2. The van der Waals surface area contributed by atoms with Crippen molar-refractivity contribution in [1.29, 1.82) is 0 Å². The zero-order chi connectivity index (χ0) is 31.7. The largest absolute Gasteiger partial charge is 0.385 e. The second kappa shape index (κ2) is 18.6. The zero-order valence-electron chi connectivity index (χ0n) is 27.5. The first-order chi connectivity index (χ1) is 19.7. The van der Waals surface area contributed by atoms with Gasteiger partial charge in [-0.25, -0.2) is 0 Å². The van der Waals surface area contributed by atoms with Crippen LogP contribution in [0.2, 0.25) is 0 Å². The number of hydrogen-bond donors (Lipinski definition) is 1. The average Bonchev–Trinajstić information content (AvgIpc) is 2.89. The SMILES string of the molecule is CC(C)=C/C=C/C(C)=C/C=C/C(C)=C/C=C/C(C)=C/C=C/C=C(C)/C=C/C=C(C)/C=C/C1=C(C)C(=O)[C@H](O)CC1(C)C. The summed E-state index contributed by atoms with van der Waals surface area (Å²) in [5, 5.41) is 10.0. The van der Waals surface area contributed by atoms with Crippen LogP contribution in [-0.4, -0.2) is 17.0 Å². The second-order valence-corrected chi connectivity index (χ2v) is 12.0. The summed E-state index contributed by atoms with van der Waals surface area (Å²) in [5.74, 6) is -0.163. The Morgan fingerprint density at radius 3 is 1.38 bits per heavy atom. The van der Waals surface area contributed by atoms with E-state index in [4.69, 9.17) is 0 Å². The van der Waals surface area contributed by atoms with Gasteiger partial charge in [0.15, 0.2) is 5.78 Å². The van der Waals surface area contributed by atoms with Gasteiger partial charge >= 0.3 is 0 Å². The molecule has 2 nitrogen and oxygen atoms in total. The summed E-state index contributed by atoms with van der Waals surface area (Å²) in [5.41, 5.74) is 8.54. The molecule has 1 aliphatic rings. The summed E-state index contributed by atoms with van der Waals surface area (Å²) in [7, 11) is 0. The maximum atomic E-state index is 12.2. The Labute approximate surface area is 256 Å². The van der Waals surface area contributed by atoms with Gasteiger partial charge in [0, 0.05) is 0 Å². The fraction of sp³-hybridized carbons (Fsp3) is 0.325. The van der Waals surface area contributed by atoms with Crippen LogP contribution in [0.3, 0.4) is 0 Å². The van der Waals surface area contributed by atoms with E-state index in [0.29, 0.717) is 12.0 Å². The van der Waals surface area contributed by atoms with Crippen molar-refractivity contribution in [2.24, 2.45) is 5.41 Å². The van der Waals surface area contributed by atoms with E-state index in [9.17, 15) is 9.90 Å². The Kier molecular flexibility index (Phi) is 16.1. The molecule has 0 bridgehead atoms. The normalized spacial score (nSPS) is 20.2. The topological polar surface area (TPSA) is 37.3 Å². The smallest absolute Gasteiger partial charge is 0.187 e. The number of carbonyl (C=O) groups is 1. The Hall–Kier alpha value is -3.75. The Balaban J connectivity index is 2.67. The van der Waals surface area contributed by atoms with Gasteiger partial charge in [0.25, 0.3) is 0 Å². The van der Waals surface area contributed by atoms with Gasteiger partial charge < -0.3 is 5.11 Å². The molecule has 2 heteroatoms. The molecule has 0 radical (unpaired) electrons. The van der Waals surface area contributed by atoms with Crippen LogP contribution in [0.1, 0.15) is 75.7 Å². The van der Waals surface area contributed by atoms with Gasteiger partial charge in [0.05, 0.1) is 0 Å². The number of carbonyl (C=O) groups excluding carboxylic acids is 1. The molecule has 0 fully saturated rings. The lowest BCUT2D eigenvalue weighted by Gasteiger charge is -2.34. The number of aliphatic hydroxyl groups excluding tert-OH is 1. The van der Waals surface area contributed by atoms with Crippen molar-refractivity contribution < 1.29 is 9.90 Å². The minimum Gasteiger partial charge on any atom is -0.385 e. The molecule has 0 heterocycles. The highest BCUT2D eigenvalue weighted by molar-refractivity contribution is 6.00. The van der Waals surface area contributed by atoms with Crippen LogP contribution >= 0.6 is 0 Å². The third-order valence-electron chi connectivity index (χ3n) is 6.79. The van der Waals surface area contributed by atoms with Crippen LogP contribution in [0.4, 0.5) is 0 Å². The van der Waals surface area contributed by atoms with Crippen LogP contribution in [-0.2, 0) is 4.79 Å². The fourth-order valence-electron chi connectivity index (χ4n) is 4.28. The van der Waals surface area contributed by atoms with Crippen molar-refractivity contribution in [2.75, 3.05) is 0 Å². The van der Waals surface area contributed by atoms with Crippen molar-refractivity contribution in [3.63, 3.8) is 0 Å². The summed E-state index contributed by atoms with van der Waals surface area (Å²) in [6.07, 6.45) is 36.9. The lowest BCUT2D eigenvalue weighted by atomic mass is 9.71. The molecule has 1 aliphatic carbocycles. The minimum absolute atomic E-state index is 0.163. The molecule has 0 aromatic rings. The molecule has 1 atom stereocenters. The molecule has 0 spiro atoms. The van der Waals surface area contributed by atoms with Gasteiger partial charge in [-0.2, -0.15) is 0 Å². The molecule has 1 rings (SSSR count). The highest BCUT2D eigenvalue weighted by atomic mass is 16.3. The maximum Gasteiger partial charge on any atom is 0.187 e. The number of aliphatic hydroxyl groups is 1. The maximum absolute atomic E-state index is 12.2. The highest BCUT2D eigenvalue weighted by Gasteiger charge is 2.36. The molecular weight excluding hydrogens is 512 g/mol. The zero-order valence-corrected chi connectivity index (χ0v) is 27.5. The summed E-state index contributed by atoms with van der Waals surface area (Å²) in [6.45, 7) is 20.5. The first kappa shape index (κ1) is 36.3. The first-order valence-corrected chi connectivity index (χ1v) is 14.7. The number of ketones is 1. The van der Waals surface area contributed by atoms with Crippen LogP contribution < -0.4 is 0 Å². The third kappa shape index (κ3) is 14.8. The molecule has 0 aromatic carbocycles. The van der Waals surface area contributed by atoms with Crippen molar-refractivity contribution in [2.45, 2.75) is 81.8 Å². The van der Waals surface area contributed by atoms with Crippen molar-refractivity contribution in [3.05, 3.63) is 154 Å². The molecule has 224 valence electrons. The predicted octanol–water partition coefficient (Wildman–Crippen LogP) is 10.7. The van der Waals surface area contributed by atoms with Gasteiger partial charge in [0.2, 0.25) is 0 Å². The lowest BCUT2D eigenvalue weighted by Crippen LogP contribution is -2.35. The molecule has 0 amide bonds. The van der Waals surface area contributed by atoms with E-state index in [-0.39, 0.29) is 11.2 Å². The van der Waals surface area contributed by atoms with Crippen molar-refractivity contribution >= 4 is 5.78 Å². The van der Waals surface area contributed by atoms with Gasteiger partial charge in [-0.1, -0.05) is 157 Å². The standard InChI is InChI=1S/C40H52O2/c1-30(2)17-13-20-33(5)23-15-25-34(6)24-14-21-31(3)18-11-12-19-32(4)22-16-26-35(7)27-28-37-36(8)39(42)38(41)29-40(37,9)10/h11-28,38,41H,29H2,1-10H3/b12-11+,20-13+,21-14+,22-16+,25-15+,28-27+,31-18+,32-19+,33-23+,34-24+,35-26+/t38-/m1/s1. The van der Waals surface area contributed by atoms with E-state index in [0.717, 1.165) is 16.7 Å². The van der Waals surface area contributed by atoms with Gasteiger partial charge in [0.1, 0.15) is 6.10 Å². The number of rotatable bonds is 12. The van der Waals surface area contributed by atoms with E-state index in [1.807, 2.05) is 44.2 Å². The molecule has 1 N–H and O–H groups in total. The monoisotopic (exact) mass is 564 g/mol. The van der Waals surface area contributed by atoms with E-state index in [2.05, 4.69) is 134 Å². The lowest BCUT2D eigenvalue weighted by molar-refractivity contribution is -0.125. The predicted molar refractivity (Wildman–Crippen MR) is 185 cm³/mol. The Morgan fingerprint density at radius 1 is 0.619 bits per heavy atom. The average molecular weight is 565 g/mol. The van der Waals surface area contributed by atoms with E-state index < -0.39 is 6.10 Å². The molecule has 0 aliphatic heterocycles. The third-order valence-corrected chi connectivity index (χ3v) is 6.79. The van der Waals surface area contributed by atoms with E-state index in [1.165, 1.54) is 22.3 Å². The Morgan fingerprint density at radius 2 is 0.976 bits per heavy atom. The van der Waals surface area contributed by atoms with Crippen LogP contribution in [0, 0.1) is 5.41 Å². The van der Waals surface area contributed by atoms with Crippen molar-refractivity contribution in [1.82, 2.24) is 0 Å². The first-order valence-electron chi connectivity index (χ1n) is 14.7. The number of hydrogen-bond acceptors (Lipinski definition) is 2. The molecule has 42 heavy (non-hydrogen) atoms.